The van der Waals surface area contributed by atoms with E-state index < -0.39 is 30.4 Å². The highest BCUT2D eigenvalue weighted by Gasteiger charge is 2.27. The number of carbonyl (C=O) groups is 1. The van der Waals surface area contributed by atoms with E-state index in [-0.39, 0.29) is 23.0 Å². The van der Waals surface area contributed by atoms with E-state index in [4.69, 9.17) is 4.74 Å². The Morgan fingerprint density at radius 2 is 2.05 bits per heavy atom. The Labute approximate surface area is 214 Å². The van der Waals surface area contributed by atoms with Crippen molar-refractivity contribution < 1.29 is 28.5 Å². The molecule has 2 N–H and O–H groups in total. The summed E-state index contributed by atoms with van der Waals surface area (Å²) in [7, 11) is 0. The maximum absolute atomic E-state index is 14.1. The molecule has 196 valence electrons. The van der Waals surface area contributed by atoms with Crippen LogP contribution in [0.4, 0.5) is 13.6 Å². The quantitative estimate of drug-likeness (QED) is 0.387. The van der Waals surface area contributed by atoms with Gasteiger partial charge in [-0.15, -0.1) is 5.10 Å². The summed E-state index contributed by atoms with van der Waals surface area (Å²) in [5.74, 6) is -1.70. The van der Waals surface area contributed by atoms with Crippen LogP contribution >= 0.6 is 0 Å². The second-order valence-corrected chi connectivity index (χ2v) is 8.87. The lowest BCUT2D eigenvalue weighted by Crippen LogP contribution is -2.38. The van der Waals surface area contributed by atoms with Gasteiger partial charge in [-0.1, -0.05) is 5.21 Å². The molecule has 1 aliphatic heterocycles. The highest BCUT2D eigenvalue weighted by molar-refractivity contribution is 5.74. The largest absolute Gasteiger partial charge is 0.488 e. The number of hydrogen-bond donors (Lipinski definition) is 2. The predicted octanol–water partition coefficient (Wildman–Crippen LogP) is 2.87. The molecule has 5 heterocycles. The molecule has 1 saturated heterocycles. The van der Waals surface area contributed by atoms with Crippen LogP contribution in [-0.2, 0) is 0 Å². The fourth-order valence-electron chi connectivity index (χ4n) is 4.58. The Kier molecular flexibility index (Phi) is 6.60. The smallest absolute Gasteiger partial charge is 0.407 e. The number of hydrogen-bond acceptors (Lipinski definition) is 8. The number of fused-ring (bicyclic) bond motifs is 1. The van der Waals surface area contributed by atoms with E-state index in [0.717, 1.165) is 11.9 Å². The van der Waals surface area contributed by atoms with Gasteiger partial charge in [0.2, 0.25) is 0 Å². The van der Waals surface area contributed by atoms with Crippen molar-refractivity contribution in [1.82, 2.24) is 34.5 Å². The SMILES string of the molecule is Cc1c(-c2cc(OCC(O)c3ncc(F)cc3F)c3c(C#N)cnn3c2)nnn1C1CCN(C(=O)O)CC1. The Hall–Kier alpha value is -4.64. The summed E-state index contributed by atoms with van der Waals surface area (Å²) in [4.78, 5) is 16.2. The maximum Gasteiger partial charge on any atom is 0.407 e. The van der Waals surface area contributed by atoms with Gasteiger partial charge in [-0.25, -0.2) is 22.8 Å². The number of aliphatic hydroxyl groups excluding tert-OH is 1. The lowest BCUT2D eigenvalue weighted by atomic mass is 10.0. The molecular weight excluding hydrogens is 502 g/mol. The second kappa shape index (κ2) is 10.0. The number of piperidine rings is 1. The van der Waals surface area contributed by atoms with Crippen LogP contribution in [0.1, 0.15) is 41.9 Å². The molecule has 1 amide bonds. The summed E-state index contributed by atoms with van der Waals surface area (Å²) in [5.41, 5.74) is 2.01. The van der Waals surface area contributed by atoms with Gasteiger partial charge in [-0.05, 0) is 25.8 Å². The first-order valence-electron chi connectivity index (χ1n) is 11.7. The molecule has 12 nitrogen and oxygen atoms in total. The summed E-state index contributed by atoms with van der Waals surface area (Å²) in [6.07, 6.45) is 2.56. The van der Waals surface area contributed by atoms with Crippen LogP contribution in [-0.4, -0.2) is 70.5 Å². The summed E-state index contributed by atoms with van der Waals surface area (Å²) in [5, 5.41) is 42.0. The molecule has 1 aliphatic rings. The summed E-state index contributed by atoms with van der Waals surface area (Å²) in [6.45, 7) is 2.21. The first-order chi connectivity index (χ1) is 18.3. The molecule has 0 aromatic carbocycles. The van der Waals surface area contributed by atoms with Crippen LogP contribution in [0.5, 0.6) is 5.75 Å². The minimum absolute atomic E-state index is 0.0190. The number of nitrogens with zero attached hydrogens (tertiary/aromatic N) is 8. The molecule has 0 radical (unpaired) electrons. The van der Waals surface area contributed by atoms with E-state index in [1.807, 2.05) is 13.0 Å². The van der Waals surface area contributed by atoms with Crippen LogP contribution in [0.3, 0.4) is 0 Å². The first kappa shape index (κ1) is 25.0. The fourth-order valence-corrected chi connectivity index (χ4v) is 4.58. The highest BCUT2D eigenvalue weighted by atomic mass is 19.1. The Bertz CT molecular complexity index is 1560. The molecule has 0 aliphatic carbocycles. The monoisotopic (exact) mass is 524 g/mol. The number of rotatable bonds is 6. The molecule has 1 fully saturated rings. The van der Waals surface area contributed by atoms with Crippen LogP contribution in [0.15, 0.2) is 30.7 Å². The molecule has 0 spiro atoms. The van der Waals surface area contributed by atoms with Crippen molar-refractivity contribution in [3.05, 3.63) is 59.3 Å². The standard InChI is InChI=1S/C24H22F2N8O4/c1-13-21(30-31-34(13)17-2-4-32(5-3-17)24(36)37)14-6-20(23-15(8-27)9-29-33(23)11-14)38-12-19(35)22-18(26)7-16(25)10-28-22/h6-7,9-11,17,19,35H,2-5,12H2,1H3,(H,36,37). The van der Waals surface area contributed by atoms with Gasteiger partial charge >= 0.3 is 6.09 Å². The molecular formula is C24H22F2N8O4. The second-order valence-electron chi connectivity index (χ2n) is 8.87. The third kappa shape index (κ3) is 4.59. The van der Waals surface area contributed by atoms with E-state index in [1.54, 1.807) is 16.9 Å². The van der Waals surface area contributed by atoms with Crippen LogP contribution in [0, 0.1) is 29.9 Å². The number of likely N-dealkylation sites (tertiary alicyclic amines) is 1. The van der Waals surface area contributed by atoms with Crippen molar-refractivity contribution in [2.45, 2.75) is 31.9 Å². The van der Waals surface area contributed by atoms with Crippen LogP contribution in [0.2, 0.25) is 0 Å². The van der Waals surface area contributed by atoms with Gasteiger partial charge in [0, 0.05) is 30.9 Å². The number of halogens is 2. The number of pyridine rings is 2. The van der Waals surface area contributed by atoms with E-state index >= 15 is 0 Å². The zero-order valence-corrected chi connectivity index (χ0v) is 20.1. The molecule has 4 aromatic rings. The molecule has 1 unspecified atom stereocenters. The minimum atomic E-state index is -1.51. The lowest BCUT2D eigenvalue weighted by Gasteiger charge is -2.30. The van der Waals surface area contributed by atoms with Crippen LogP contribution < -0.4 is 4.74 Å². The Morgan fingerprint density at radius 1 is 1.29 bits per heavy atom. The number of ether oxygens (including phenoxy) is 1. The van der Waals surface area contributed by atoms with Gasteiger partial charge in [0.15, 0.2) is 0 Å². The maximum atomic E-state index is 14.1. The molecule has 38 heavy (non-hydrogen) atoms. The van der Waals surface area contributed by atoms with Gasteiger partial charge in [0.1, 0.15) is 58.6 Å². The van der Waals surface area contributed by atoms with Crippen LogP contribution in [0.25, 0.3) is 16.8 Å². The van der Waals surface area contributed by atoms with Crippen molar-refractivity contribution in [2.75, 3.05) is 19.7 Å². The Morgan fingerprint density at radius 3 is 2.74 bits per heavy atom. The van der Waals surface area contributed by atoms with E-state index in [9.17, 15) is 29.1 Å². The van der Waals surface area contributed by atoms with Gasteiger partial charge in [-0.3, -0.25) is 4.98 Å². The number of aliphatic hydroxyl groups is 1. The topological polar surface area (TPSA) is 155 Å². The zero-order chi connectivity index (χ0) is 27.0. The summed E-state index contributed by atoms with van der Waals surface area (Å²) in [6, 6.07) is 4.25. The van der Waals surface area contributed by atoms with Crippen molar-refractivity contribution in [1.29, 1.82) is 5.26 Å². The van der Waals surface area contributed by atoms with Crippen molar-refractivity contribution in [3.8, 4) is 23.1 Å². The lowest BCUT2D eigenvalue weighted by molar-refractivity contribution is 0.101. The number of amides is 1. The van der Waals surface area contributed by atoms with E-state index in [0.29, 0.717) is 48.8 Å². The fraction of sp³-hybridized carbons (Fsp3) is 0.333. The van der Waals surface area contributed by atoms with Gasteiger partial charge in [0.25, 0.3) is 0 Å². The normalized spacial score (nSPS) is 15.0. The molecule has 4 aromatic heterocycles. The zero-order valence-electron chi connectivity index (χ0n) is 20.1. The van der Waals surface area contributed by atoms with Gasteiger partial charge in [-0.2, -0.15) is 10.4 Å². The van der Waals surface area contributed by atoms with Gasteiger partial charge in [0.05, 0.1) is 24.1 Å². The average Bonchev–Trinajstić information content (AvgIpc) is 3.50. The summed E-state index contributed by atoms with van der Waals surface area (Å²) >= 11 is 0. The minimum Gasteiger partial charge on any atom is -0.488 e. The molecule has 0 bridgehead atoms. The molecule has 5 rings (SSSR count). The number of aromatic nitrogens is 6. The predicted molar refractivity (Wildman–Crippen MR) is 126 cm³/mol. The molecule has 14 heteroatoms. The number of carboxylic acid groups (broad SMARTS) is 1. The van der Waals surface area contributed by atoms with Crippen molar-refractivity contribution >= 4 is 11.6 Å². The first-order valence-corrected chi connectivity index (χ1v) is 11.7. The Balaban J connectivity index is 1.44. The van der Waals surface area contributed by atoms with Crippen molar-refractivity contribution in [3.63, 3.8) is 0 Å². The third-order valence-electron chi connectivity index (χ3n) is 6.53. The molecule has 1 atom stereocenters. The highest BCUT2D eigenvalue weighted by Crippen LogP contribution is 2.33. The third-order valence-corrected chi connectivity index (χ3v) is 6.53. The molecule has 0 saturated carbocycles. The van der Waals surface area contributed by atoms with Gasteiger partial charge < -0.3 is 19.8 Å². The van der Waals surface area contributed by atoms with E-state index in [2.05, 4.69) is 20.4 Å². The number of nitriles is 1. The van der Waals surface area contributed by atoms with Crippen molar-refractivity contribution in [2.24, 2.45) is 0 Å². The van der Waals surface area contributed by atoms with E-state index in [1.165, 1.54) is 15.6 Å². The summed E-state index contributed by atoms with van der Waals surface area (Å²) < 4.78 is 36.3. The average molecular weight is 524 g/mol.